The molecule has 11 heavy (non-hydrogen) atoms. The topological polar surface area (TPSA) is 24.1 Å². The van der Waals surface area contributed by atoms with Gasteiger partial charge in [0, 0.05) is 12.6 Å². The fourth-order valence-corrected chi connectivity index (χ4v) is 1.47. The van der Waals surface area contributed by atoms with E-state index >= 15 is 0 Å². The van der Waals surface area contributed by atoms with Crippen LogP contribution in [0, 0.1) is 5.92 Å². The van der Waals surface area contributed by atoms with Gasteiger partial charge in [0.25, 0.3) is 0 Å². The highest BCUT2D eigenvalue weighted by Gasteiger charge is 2.45. The minimum Gasteiger partial charge on any atom is -0.366 e. The Kier molecular flexibility index (Phi) is 2.37. The van der Waals surface area contributed by atoms with Gasteiger partial charge in [-0.15, -0.1) is 0 Å². The Balaban J connectivity index is 2.41. The quantitative estimate of drug-likeness (QED) is 0.613. The molecule has 0 spiro atoms. The molecule has 1 fully saturated rings. The molecule has 0 saturated heterocycles. The van der Waals surface area contributed by atoms with E-state index in [4.69, 9.17) is 12.2 Å². The van der Waals surface area contributed by atoms with Crippen molar-refractivity contribution >= 4 is 17.3 Å². The molecule has 0 aromatic rings. The van der Waals surface area contributed by atoms with Gasteiger partial charge in [0.2, 0.25) is 0 Å². The Morgan fingerprint density at radius 2 is 2.00 bits per heavy atom. The first kappa shape index (κ1) is 8.78. The third-order valence-corrected chi connectivity index (χ3v) is 2.79. The van der Waals surface area contributed by atoms with Crippen LogP contribution in [-0.2, 0) is 0 Å². The van der Waals surface area contributed by atoms with Crippen molar-refractivity contribution in [3.63, 3.8) is 0 Å². The second-order valence-corrected chi connectivity index (χ2v) is 3.92. The van der Waals surface area contributed by atoms with Gasteiger partial charge in [-0.2, -0.15) is 0 Å². The lowest BCUT2D eigenvalue weighted by Crippen LogP contribution is -2.44. The van der Waals surface area contributed by atoms with Gasteiger partial charge in [-0.05, 0) is 31.0 Å². The van der Waals surface area contributed by atoms with Crippen molar-refractivity contribution in [2.45, 2.75) is 32.2 Å². The van der Waals surface area contributed by atoms with E-state index in [2.05, 4.69) is 24.5 Å². The lowest BCUT2D eigenvalue weighted by atomic mass is 10.0. The highest BCUT2D eigenvalue weighted by molar-refractivity contribution is 7.80. The normalized spacial score (nSPS) is 19.6. The van der Waals surface area contributed by atoms with E-state index < -0.39 is 0 Å². The van der Waals surface area contributed by atoms with E-state index in [0.717, 1.165) is 5.11 Å². The minimum absolute atomic E-state index is 0.320. The molecular weight excluding hydrogens is 156 g/mol. The molecule has 0 amide bonds. The van der Waals surface area contributed by atoms with Crippen LogP contribution in [0.2, 0.25) is 0 Å². The lowest BCUT2D eigenvalue weighted by molar-refractivity contribution is 0.434. The van der Waals surface area contributed by atoms with Gasteiger partial charge in [0.1, 0.15) is 0 Å². The predicted octanol–water partition coefficient (Wildman–Crippen LogP) is 1.27. The van der Waals surface area contributed by atoms with Gasteiger partial charge in [0.05, 0.1) is 0 Å². The maximum atomic E-state index is 5.04. The number of nitrogens with one attached hydrogen (secondary N) is 2. The Labute approximate surface area is 73.7 Å². The van der Waals surface area contributed by atoms with Crippen LogP contribution in [0.15, 0.2) is 0 Å². The summed E-state index contributed by atoms with van der Waals surface area (Å²) in [6.07, 6.45) is 2.51. The van der Waals surface area contributed by atoms with Crippen LogP contribution in [0.3, 0.4) is 0 Å². The van der Waals surface area contributed by atoms with Crippen molar-refractivity contribution in [3.8, 4) is 0 Å². The Morgan fingerprint density at radius 3 is 2.27 bits per heavy atom. The third kappa shape index (κ3) is 1.83. The summed E-state index contributed by atoms with van der Waals surface area (Å²) in [5.41, 5.74) is 0.320. The van der Waals surface area contributed by atoms with Gasteiger partial charge in [0.15, 0.2) is 5.11 Å². The van der Waals surface area contributed by atoms with Gasteiger partial charge >= 0.3 is 0 Å². The molecular formula is C8H16N2S. The van der Waals surface area contributed by atoms with Crippen LogP contribution in [0.1, 0.15) is 26.7 Å². The first-order chi connectivity index (χ1) is 5.10. The van der Waals surface area contributed by atoms with E-state index in [0.29, 0.717) is 11.5 Å². The Hall–Kier alpha value is -0.310. The van der Waals surface area contributed by atoms with Crippen LogP contribution in [0.4, 0.5) is 0 Å². The van der Waals surface area contributed by atoms with E-state index in [1.54, 1.807) is 0 Å². The summed E-state index contributed by atoms with van der Waals surface area (Å²) in [7, 11) is 1.85. The number of hydrogen-bond acceptors (Lipinski definition) is 1. The van der Waals surface area contributed by atoms with Crippen molar-refractivity contribution < 1.29 is 0 Å². The van der Waals surface area contributed by atoms with Crippen LogP contribution in [0.5, 0.6) is 0 Å². The van der Waals surface area contributed by atoms with Gasteiger partial charge < -0.3 is 10.6 Å². The Morgan fingerprint density at radius 1 is 1.45 bits per heavy atom. The van der Waals surface area contributed by atoms with E-state index in [1.165, 1.54) is 12.8 Å². The molecule has 1 aliphatic rings. The van der Waals surface area contributed by atoms with Gasteiger partial charge in [-0.25, -0.2) is 0 Å². The first-order valence-electron chi connectivity index (χ1n) is 4.10. The predicted molar refractivity (Wildman–Crippen MR) is 51.6 cm³/mol. The summed E-state index contributed by atoms with van der Waals surface area (Å²) in [6.45, 7) is 4.47. The molecule has 2 N–H and O–H groups in total. The molecule has 1 aliphatic carbocycles. The monoisotopic (exact) mass is 172 g/mol. The van der Waals surface area contributed by atoms with Crippen LogP contribution < -0.4 is 10.6 Å². The molecule has 2 nitrogen and oxygen atoms in total. The van der Waals surface area contributed by atoms with E-state index in [-0.39, 0.29) is 0 Å². The molecule has 0 radical (unpaired) electrons. The highest BCUT2D eigenvalue weighted by Crippen LogP contribution is 2.41. The molecule has 0 aliphatic heterocycles. The zero-order valence-electron chi connectivity index (χ0n) is 7.40. The zero-order valence-corrected chi connectivity index (χ0v) is 8.22. The number of rotatable bonds is 2. The molecule has 0 heterocycles. The molecule has 3 heteroatoms. The number of hydrogen-bond donors (Lipinski definition) is 2. The summed E-state index contributed by atoms with van der Waals surface area (Å²) in [4.78, 5) is 0. The largest absolute Gasteiger partial charge is 0.366 e. The SMILES string of the molecule is CNC(=S)NC1(C(C)C)CC1. The van der Waals surface area contributed by atoms with E-state index in [1.807, 2.05) is 7.05 Å². The smallest absolute Gasteiger partial charge is 0.166 e. The second-order valence-electron chi connectivity index (χ2n) is 3.51. The summed E-state index contributed by atoms with van der Waals surface area (Å²) < 4.78 is 0. The molecule has 0 aromatic carbocycles. The summed E-state index contributed by atoms with van der Waals surface area (Å²) in [5.74, 6) is 0.675. The van der Waals surface area contributed by atoms with Crippen LogP contribution >= 0.6 is 12.2 Å². The maximum absolute atomic E-state index is 5.04. The average molecular weight is 172 g/mol. The fraction of sp³-hybridized carbons (Fsp3) is 0.875. The van der Waals surface area contributed by atoms with Crippen molar-refractivity contribution in [2.75, 3.05) is 7.05 Å². The molecule has 0 unspecified atom stereocenters. The van der Waals surface area contributed by atoms with Crippen molar-refractivity contribution in [2.24, 2.45) is 5.92 Å². The standard InChI is InChI=1S/C8H16N2S/c1-6(2)8(4-5-8)10-7(11)9-3/h6H,4-5H2,1-3H3,(H2,9,10,11). The van der Waals surface area contributed by atoms with Crippen molar-refractivity contribution in [1.82, 2.24) is 10.6 Å². The Bertz CT molecular complexity index is 161. The van der Waals surface area contributed by atoms with Crippen LogP contribution in [-0.4, -0.2) is 17.7 Å². The van der Waals surface area contributed by atoms with Crippen LogP contribution in [0.25, 0.3) is 0 Å². The summed E-state index contributed by atoms with van der Waals surface area (Å²) in [6, 6.07) is 0. The molecule has 0 bridgehead atoms. The van der Waals surface area contributed by atoms with E-state index in [9.17, 15) is 0 Å². The number of thiocarbonyl (C=S) groups is 1. The lowest BCUT2D eigenvalue weighted by Gasteiger charge is -2.22. The molecule has 0 aromatic heterocycles. The maximum Gasteiger partial charge on any atom is 0.166 e. The molecule has 1 saturated carbocycles. The minimum atomic E-state index is 0.320. The second kappa shape index (κ2) is 2.97. The zero-order chi connectivity index (χ0) is 8.48. The summed E-state index contributed by atoms with van der Waals surface area (Å²) >= 11 is 5.04. The van der Waals surface area contributed by atoms with Crippen molar-refractivity contribution in [1.29, 1.82) is 0 Å². The average Bonchev–Trinajstić information content (AvgIpc) is 2.69. The highest BCUT2D eigenvalue weighted by atomic mass is 32.1. The summed E-state index contributed by atoms with van der Waals surface area (Å²) in [5, 5.41) is 7.05. The molecule has 0 atom stereocenters. The van der Waals surface area contributed by atoms with Gasteiger partial charge in [-0.1, -0.05) is 13.8 Å². The first-order valence-corrected chi connectivity index (χ1v) is 4.51. The molecule has 1 rings (SSSR count). The fourth-order valence-electron chi connectivity index (χ4n) is 1.27. The third-order valence-electron chi connectivity index (χ3n) is 2.48. The van der Waals surface area contributed by atoms with Crippen molar-refractivity contribution in [3.05, 3.63) is 0 Å². The molecule has 64 valence electrons. The van der Waals surface area contributed by atoms with Gasteiger partial charge in [-0.3, -0.25) is 0 Å².